The van der Waals surface area contributed by atoms with Crippen molar-refractivity contribution in [3.05, 3.63) is 0 Å². The number of hydrogen-bond donors (Lipinski definition) is 3. The molecule has 2 unspecified atom stereocenters. The first-order valence-electron chi connectivity index (χ1n) is 7.96. The Bertz CT molecular complexity index is 274. The summed E-state index contributed by atoms with van der Waals surface area (Å²) in [5.74, 6) is 0.794. The van der Waals surface area contributed by atoms with Crippen molar-refractivity contribution in [2.24, 2.45) is 5.92 Å². The second-order valence-corrected chi connectivity index (χ2v) is 5.86. The van der Waals surface area contributed by atoms with Gasteiger partial charge in [0.2, 0.25) is 5.91 Å². The monoisotopic (exact) mass is 285 g/mol. The summed E-state index contributed by atoms with van der Waals surface area (Å²) >= 11 is 0. The number of carbonyl (C=O) groups excluding carboxylic acids is 1. The van der Waals surface area contributed by atoms with Crippen molar-refractivity contribution in [2.75, 3.05) is 39.3 Å². The number of aliphatic hydroxyl groups excluding tert-OH is 1. The van der Waals surface area contributed by atoms with Gasteiger partial charge in [-0.05, 0) is 31.7 Å². The van der Waals surface area contributed by atoms with Crippen LogP contribution in [0.4, 0.5) is 0 Å². The van der Waals surface area contributed by atoms with Crippen molar-refractivity contribution in [3.8, 4) is 0 Å². The molecule has 20 heavy (non-hydrogen) atoms. The van der Waals surface area contributed by atoms with Crippen LogP contribution in [0, 0.1) is 5.92 Å². The summed E-state index contributed by atoms with van der Waals surface area (Å²) in [6.45, 7) is 8.80. The maximum atomic E-state index is 10.9. The van der Waals surface area contributed by atoms with Crippen LogP contribution >= 0.6 is 0 Å². The molecule has 1 aliphatic heterocycles. The van der Waals surface area contributed by atoms with Crippen LogP contribution in [-0.4, -0.2) is 61.3 Å². The Labute approximate surface area is 123 Å². The molecule has 3 N–H and O–H groups in total. The molecule has 0 aromatic rings. The lowest BCUT2D eigenvalue weighted by Gasteiger charge is -2.38. The highest BCUT2D eigenvalue weighted by molar-refractivity contribution is 5.72. The highest BCUT2D eigenvalue weighted by atomic mass is 16.3. The van der Waals surface area contributed by atoms with Crippen molar-refractivity contribution in [1.82, 2.24) is 15.5 Å². The fourth-order valence-corrected chi connectivity index (χ4v) is 3.03. The molecule has 2 atom stereocenters. The minimum atomic E-state index is 0.0461. The largest absolute Gasteiger partial charge is 0.396 e. The zero-order valence-corrected chi connectivity index (χ0v) is 13.0. The summed E-state index contributed by atoms with van der Waals surface area (Å²) in [4.78, 5) is 13.4. The van der Waals surface area contributed by atoms with Gasteiger partial charge >= 0.3 is 0 Å². The Morgan fingerprint density at radius 3 is 2.80 bits per heavy atom. The molecule has 0 aliphatic carbocycles. The van der Waals surface area contributed by atoms with Crippen molar-refractivity contribution in [3.63, 3.8) is 0 Å². The van der Waals surface area contributed by atoms with E-state index in [-0.39, 0.29) is 12.5 Å². The molecule has 1 saturated heterocycles. The molecule has 1 rings (SSSR count). The third kappa shape index (κ3) is 7.22. The predicted molar refractivity (Wildman–Crippen MR) is 81.6 cm³/mol. The first kappa shape index (κ1) is 17.4. The first-order valence-corrected chi connectivity index (χ1v) is 7.96. The second kappa shape index (κ2) is 10.1. The van der Waals surface area contributed by atoms with Gasteiger partial charge in [-0.25, -0.2) is 0 Å². The van der Waals surface area contributed by atoms with Gasteiger partial charge in [0.25, 0.3) is 0 Å². The normalized spacial score (nSPS) is 23.8. The molecule has 5 nitrogen and oxygen atoms in total. The zero-order chi connectivity index (χ0) is 14.8. The Morgan fingerprint density at radius 2 is 2.15 bits per heavy atom. The molecule has 1 aliphatic rings. The number of hydrogen-bond acceptors (Lipinski definition) is 4. The van der Waals surface area contributed by atoms with E-state index >= 15 is 0 Å². The van der Waals surface area contributed by atoms with Gasteiger partial charge in [-0.2, -0.15) is 0 Å². The fraction of sp³-hybridized carbons (Fsp3) is 0.933. The van der Waals surface area contributed by atoms with E-state index < -0.39 is 0 Å². The quantitative estimate of drug-likeness (QED) is 0.542. The summed E-state index contributed by atoms with van der Waals surface area (Å²) in [5, 5.41) is 15.3. The Balaban J connectivity index is 2.36. The molecule has 0 bridgehead atoms. The molecule has 0 spiro atoms. The number of aliphatic hydroxyl groups is 1. The third-order valence-corrected chi connectivity index (χ3v) is 3.88. The number of carbonyl (C=O) groups is 1. The Hall–Kier alpha value is -0.650. The van der Waals surface area contributed by atoms with Gasteiger partial charge in [-0.3, -0.25) is 9.69 Å². The van der Waals surface area contributed by atoms with Crippen LogP contribution in [0.1, 0.15) is 39.5 Å². The molecule has 0 saturated carbocycles. The van der Waals surface area contributed by atoms with Crippen molar-refractivity contribution in [1.29, 1.82) is 0 Å². The van der Waals surface area contributed by atoms with E-state index in [1.54, 1.807) is 6.92 Å². The molecule has 1 amide bonds. The Kier molecular flexibility index (Phi) is 8.82. The summed E-state index contributed by atoms with van der Waals surface area (Å²) in [5.41, 5.74) is 0. The molecule has 1 heterocycles. The van der Waals surface area contributed by atoms with Crippen LogP contribution in [0.3, 0.4) is 0 Å². The van der Waals surface area contributed by atoms with E-state index in [4.69, 9.17) is 5.11 Å². The molecular formula is C15H31N3O2. The van der Waals surface area contributed by atoms with Crippen molar-refractivity contribution >= 4 is 5.91 Å². The van der Waals surface area contributed by atoms with Crippen LogP contribution < -0.4 is 10.6 Å². The van der Waals surface area contributed by atoms with Crippen LogP contribution in [0.25, 0.3) is 0 Å². The molecule has 0 radical (unpaired) electrons. The smallest absolute Gasteiger partial charge is 0.216 e. The van der Waals surface area contributed by atoms with E-state index in [9.17, 15) is 4.79 Å². The van der Waals surface area contributed by atoms with Crippen molar-refractivity contribution < 1.29 is 9.90 Å². The molecule has 5 heteroatoms. The van der Waals surface area contributed by atoms with Crippen LogP contribution in [0.5, 0.6) is 0 Å². The lowest BCUT2D eigenvalue weighted by atomic mass is 9.90. The standard InChI is InChI=1S/C15H31N3O2/c1-3-5-14-10-15(17-6-4-9-19)12-18(11-14)8-7-16-13(2)20/h14-15,17,19H,3-12H2,1-2H3,(H,16,20). The summed E-state index contributed by atoms with van der Waals surface area (Å²) < 4.78 is 0. The maximum Gasteiger partial charge on any atom is 0.216 e. The topological polar surface area (TPSA) is 64.6 Å². The van der Waals surface area contributed by atoms with E-state index in [2.05, 4.69) is 22.5 Å². The van der Waals surface area contributed by atoms with E-state index in [0.717, 1.165) is 45.1 Å². The molecule has 0 aromatic carbocycles. The summed E-state index contributed by atoms with van der Waals surface area (Å²) in [6.07, 6.45) is 4.55. The first-order chi connectivity index (χ1) is 9.65. The molecule has 118 valence electrons. The number of likely N-dealkylation sites (tertiary alicyclic amines) is 1. The maximum absolute atomic E-state index is 10.9. The highest BCUT2D eigenvalue weighted by Gasteiger charge is 2.25. The lowest BCUT2D eigenvalue weighted by molar-refractivity contribution is -0.119. The molecule has 1 fully saturated rings. The Morgan fingerprint density at radius 1 is 1.35 bits per heavy atom. The number of nitrogens with one attached hydrogen (secondary N) is 2. The highest BCUT2D eigenvalue weighted by Crippen LogP contribution is 2.21. The van der Waals surface area contributed by atoms with Gasteiger partial charge < -0.3 is 15.7 Å². The number of rotatable bonds is 9. The molecular weight excluding hydrogens is 254 g/mol. The minimum absolute atomic E-state index is 0.0461. The number of nitrogens with zero attached hydrogens (tertiary/aromatic N) is 1. The number of piperidine rings is 1. The van der Waals surface area contributed by atoms with Crippen molar-refractivity contribution in [2.45, 2.75) is 45.6 Å². The van der Waals surface area contributed by atoms with Crippen LogP contribution in [0.15, 0.2) is 0 Å². The van der Waals surface area contributed by atoms with Crippen LogP contribution in [-0.2, 0) is 4.79 Å². The minimum Gasteiger partial charge on any atom is -0.396 e. The number of amides is 1. The zero-order valence-electron chi connectivity index (χ0n) is 13.0. The van der Waals surface area contributed by atoms with Crippen LogP contribution in [0.2, 0.25) is 0 Å². The van der Waals surface area contributed by atoms with Gasteiger partial charge in [0, 0.05) is 45.8 Å². The average molecular weight is 285 g/mol. The SMILES string of the molecule is CCCC1CC(NCCCO)CN(CCNC(C)=O)C1. The van der Waals surface area contributed by atoms with E-state index in [1.807, 2.05) is 0 Å². The van der Waals surface area contributed by atoms with Gasteiger partial charge in [0.1, 0.15) is 0 Å². The molecule has 0 aromatic heterocycles. The predicted octanol–water partition coefficient (Wildman–Crippen LogP) is 0.585. The van der Waals surface area contributed by atoms with E-state index in [0.29, 0.717) is 6.04 Å². The fourth-order valence-electron chi connectivity index (χ4n) is 3.03. The van der Waals surface area contributed by atoms with E-state index in [1.165, 1.54) is 19.3 Å². The lowest BCUT2D eigenvalue weighted by Crippen LogP contribution is -2.51. The third-order valence-electron chi connectivity index (χ3n) is 3.88. The second-order valence-electron chi connectivity index (χ2n) is 5.86. The van der Waals surface area contributed by atoms with Gasteiger partial charge in [-0.15, -0.1) is 0 Å². The van der Waals surface area contributed by atoms with Gasteiger partial charge in [-0.1, -0.05) is 13.3 Å². The van der Waals surface area contributed by atoms with Gasteiger partial charge in [0.15, 0.2) is 0 Å². The van der Waals surface area contributed by atoms with Gasteiger partial charge in [0.05, 0.1) is 0 Å². The summed E-state index contributed by atoms with van der Waals surface area (Å²) in [6, 6.07) is 0.518. The summed E-state index contributed by atoms with van der Waals surface area (Å²) in [7, 11) is 0. The average Bonchev–Trinajstić information content (AvgIpc) is 2.39.